The molecule has 15 heteroatoms. The summed E-state index contributed by atoms with van der Waals surface area (Å²) in [4.78, 5) is 34.6. The monoisotopic (exact) mass is 974 g/mol. The highest BCUT2D eigenvalue weighted by Crippen LogP contribution is 2.32. The average molecular weight is 975 g/mol. The van der Waals surface area contributed by atoms with Crippen LogP contribution in [-0.2, 0) is 9.47 Å². The third-order valence-corrected chi connectivity index (χ3v) is 10.4. The van der Waals surface area contributed by atoms with Gasteiger partial charge in [0.25, 0.3) is 0 Å². The van der Waals surface area contributed by atoms with Crippen molar-refractivity contribution in [2.75, 3.05) is 34.4 Å². The van der Waals surface area contributed by atoms with E-state index in [0.29, 0.717) is 39.6 Å². The van der Waals surface area contributed by atoms with Crippen molar-refractivity contribution in [3.05, 3.63) is 233 Å². The van der Waals surface area contributed by atoms with Crippen molar-refractivity contribution in [2.24, 2.45) is 20.5 Å². The molecule has 12 N–H and O–H groups in total. The lowest BCUT2D eigenvalue weighted by Crippen LogP contribution is -1.96. The standard InChI is InChI=1S/C17H8N2O5.C16H12N2.C14H14N2.C12H12N4/c1-8-11-4-2-9(6-13(11)16(21)23-8)18-19-10-3-5-12-14(7-10)17(22)24-15(12)20;17-15-9-5-13(6-10-15)3-1-2-4-14-7-11-16(18)12-8-14;15-13-7-3-11(4-8-13)1-2-12-5-9-14(16)10-6-12;13-9-1-5-11(6-2-9)15-16-12-7-3-10(14)4-8-12/h2-7H,1H2;5-12H,17-18H2;1-10H,15-16H2;1-8H,13-14H2. The van der Waals surface area contributed by atoms with Gasteiger partial charge in [-0.25, -0.2) is 14.4 Å². The van der Waals surface area contributed by atoms with Gasteiger partial charge < -0.3 is 43.9 Å². The van der Waals surface area contributed by atoms with Gasteiger partial charge in [-0.3, -0.25) is 0 Å². The van der Waals surface area contributed by atoms with E-state index in [0.717, 1.165) is 56.4 Å². The van der Waals surface area contributed by atoms with Gasteiger partial charge in [-0.15, -0.1) is 0 Å². The highest BCUT2D eigenvalue weighted by atomic mass is 16.6. The number of fused-ring (bicyclic) bond motifs is 2. The van der Waals surface area contributed by atoms with E-state index in [1.807, 2.05) is 133 Å². The van der Waals surface area contributed by atoms with Crippen LogP contribution in [0.4, 0.5) is 56.9 Å². The van der Waals surface area contributed by atoms with E-state index < -0.39 is 17.9 Å². The van der Waals surface area contributed by atoms with Crippen LogP contribution in [0.1, 0.15) is 58.9 Å². The third kappa shape index (κ3) is 15.0. The van der Waals surface area contributed by atoms with Crippen LogP contribution < -0.4 is 34.4 Å². The molecule has 2 aliphatic heterocycles. The number of nitrogens with zero attached hydrogens (tertiary/aromatic N) is 4. The maximum absolute atomic E-state index is 11.7. The topological polar surface area (TPSA) is 275 Å². The summed E-state index contributed by atoms with van der Waals surface area (Å²) in [7, 11) is 0. The zero-order chi connectivity index (χ0) is 52.4. The van der Waals surface area contributed by atoms with E-state index in [-0.39, 0.29) is 11.1 Å². The second-order valence-corrected chi connectivity index (χ2v) is 15.9. The molecule has 2 aliphatic rings. The SMILES string of the molecule is C=C1OC(=O)c2cc(N=Nc3ccc4c(c3)C(=O)OC4=O)ccc21.Nc1ccc(C#CC#Cc2ccc(N)cc2)cc1.Nc1ccc(C=Cc2ccc(N)cc2)cc1.Nc1ccc(N=Nc2ccc(N)cc2)cc1. The summed E-state index contributed by atoms with van der Waals surface area (Å²) in [6.45, 7) is 3.65. The zero-order valence-corrected chi connectivity index (χ0v) is 39.5. The first-order valence-electron chi connectivity index (χ1n) is 22.4. The van der Waals surface area contributed by atoms with Gasteiger partial charge in [0.2, 0.25) is 0 Å². The Morgan fingerprint density at radius 1 is 0.351 bits per heavy atom. The molecule has 0 spiro atoms. The Hall–Kier alpha value is -11.0. The second-order valence-electron chi connectivity index (χ2n) is 15.9. The van der Waals surface area contributed by atoms with E-state index in [4.69, 9.17) is 39.1 Å². The van der Waals surface area contributed by atoms with E-state index in [1.54, 1.807) is 48.5 Å². The Morgan fingerprint density at radius 2 is 0.649 bits per heavy atom. The maximum atomic E-state index is 11.7. The number of carbonyl (C=O) groups is 3. The maximum Gasteiger partial charge on any atom is 0.346 e. The molecule has 2 heterocycles. The summed E-state index contributed by atoms with van der Waals surface area (Å²) in [5.74, 6) is 9.95. The molecule has 0 bridgehead atoms. The van der Waals surface area contributed by atoms with E-state index >= 15 is 0 Å². The molecule has 0 aromatic heterocycles. The molecule has 0 atom stereocenters. The van der Waals surface area contributed by atoms with Crippen LogP contribution in [0.25, 0.3) is 17.9 Å². The molecular weight excluding hydrogens is 929 g/mol. The van der Waals surface area contributed by atoms with Gasteiger partial charge in [0.05, 0.1) is 39.4 Å². The number of hydrogen-bond donors (Lipinski definition) is 6. The molecule has 8 aromatic rings. The molecule has 74 heavy (non-hydrogen) atoms. The number of nitrogens with two attached hydrogens (primary N) is 6. The fourth-order valence-electron chi connectivity index (χ4n) is 6.42. The number of rotatable bonds is 6. The van der Waals surface area contributed by atoms with Crippen LogP contribution in [0.5, 0.6) is 0 Å². The number of benzene rings is 8. The molecule has 0 unspecified atom stereocenters. The summed E-state index contributed by atoms with van der Waals surface area (Å²) in [5, 5.41) is 16.2. The van der Waals surface area contributed by atoms with Crippen molar-refractivity contribution >= 4 is 92.7 Å². The summed E-state index contributed by atoms with van der Waals surface area (Å²) in [6.07, 6.45) is 4.09. The number of azo groups is 2. The molecule has 0 amide bonds. The lowest BCUT2D eigenvalue weighted by atomic mass is 10.1. The van der Waals surface area contributed by atoms with Crippen molar-refractivity contribution in [3.8, 4) is 23.7 Å². The fraction of sp³-hybridized carbons (Fsp3) is 0. The number of carbonyl (C=O) groups excluding carboxylic acids is 3. The Morgan fingerprint density at radius 3 is 1.05 bits per heavy atom. The molecule has 15 nitrogen and oxygen atoms in total. The second kappa shape index (κ2) is 24.5. The van der Waals surface area contributed by atoms with Crippen molar-refractivity contribution in [1.29, 1.82) is 0 Å². The van der Waals surface area contributed by atoms with Crippen LogP contribution in [0.2, 0.25) is 0 Å². The molecule has 10 rings (SSSR count). The summed E-state index contributed by atoms with van der Waals surface area (Å²) in [5.41, 5.74) is 45.8. The van der Waals surface area contributed by atoms with Crippen molar-refractivity contribution < 1.29 is 23.9 Å². The molecule has 0 aliphatic carbocycles. The number of nitrogen functional groups attached to an aromatic ring is 6. The third-order valence-electron chi connectivity index (χ3n) is 10.4. The van der Waals surface area contributed by atoms with Gasteiger partial charge in [-0.1, -0.05) is 54.8 Å². The molecule has 0 fully saturated rings. The van der Waals surface area contributed by atoms with Crippen LogP contribution >= 0.6 is 0 Å². The predicted molar refractivity (Wildman–Crippen MR) is 293 cm³/mol. The smallest absolute Gasteiger partial charge is 0.346 e. The van der Waals surface area contributed by atoms with Crippen LogP contribution in [0, 0.1) is 23.7 Å². The number of anilines is 6. The number of hydrogen-bond acceptors (Lipinski definition) is 15. The fourth-order valence-corrected chi connectivity index (χ4v) is 6.42. The minimum atomic E-state index is -0.703. The van der Waals surface area contributed by atoms with E-state index in [9.17, 15) is 14.4 Å². The van der Waals surface area contributed by atoms with Crippen LogP contribution in [-0.4, -0.2) is 17.9 Å². The quantitative estimate of drug-likeness (QED) is 0.0228. The molecule has 0 saturated heterocycles. The Bertz CT molecular complexity index is 3220. The summed E-state index contributed by atoms with van der Waals surface area (Å²) < 4.78 is 9.44. The minimum absolute atomic E-state index is 0.158. The lowest BCUT2D eigenvalue weighted by molar-refractivity contribution is 0.0443. The van der Waals surface area contributed by atoms with Crippen LogP contribution in [0.15, 0.2) is 209 Å². The number of cyclic esters (lactones) is 3. The minimum Gasteiger partial charge on any atom is -0.423 e. The normalized spacial score (nSPS) is 11.8. The van der Waals surface area contributed by atoms with Gasteiger partial charge in [0.1, 0.15) is 5.76 Å². The van der Waals surface area contributed by atoms with Crippen molar-refractivity contribution in [1.82, 2.24) is 0 Å². The van der Waals surface area contributed by atoms with Gasteiger partial charge in [0, 0.05) is 50.8 Å². The lowest BCUT2D eigenvalue weighted by Gasteiger charge is -1.97. The Labute approximate surface area is 426 Å². The summed E-state index contributed by atoms with van der Waals surface area (Å²) in [6, 6.07) is 54.0. The average Bonchev–Trinajstić information content (AvgIpc) is 3.86. The number of esters is 3. The van der Waals surface area contributed by atoms with Crippen molar-refractivity contribution in [3.63, 3.8) is 0 Å². The van der Waals surface area contributed by atoms with E-state index in [2.05, 4.69) is 55.5 Å². The predicted octanol–water partition coefficient (Wildman–Crippen LogP) is 12.1. The molecular formula is C59H46N10O5. The largest absolute Gasteiger partial charge is 0.423 e. The van der Waals surface area contributed by atoms with Gasteiger partial charge in [-0.2, -0.15) is 20.5 Å². The molecule has 8 aromatic carbocycles. The van der Waals surface area contributed by atoms with E-state index in [1.165, 1.54) is 12.1 Å². The molecule has 0 radical (unpaired) electrons. The first kappa shape index (κ1) is 50.8. The highest BCUT2D eigenvalue weighted by Gasteiger charge is 2.30. The van der Waals surface area contributed by atoms with Gasteiger partial charge in [0.15, 0.2) is 0 Å². The molecule has 0 saturated carbocycles. The van der Waals surface area contributed by atoms with Crippen molar-refractivity contribution in [2.45, 2.75) is 0 Å². The number of ether oxygens (including phenoxy) is 2. The van der Waals surface area contributed by atoms with Gasteiger partial charge >= 0.3 is 17.9 Å². The zero-order valence-electron chi connectivity index (χ0n) is 39.5. The van der Waals surface area contributed by atoms with Gasteiger partial charge in [-0.05, 0) is 181 Å². The van der Waals surface area contributed by atoms with Crippen LogP contribution in [0.3, 0.4) is 0 Å². The Balaban J connectivity index is 0.000000147. The summed E-state index contributed by atoms with van der Waals surface area (Å²) >= 11 is 0. The first-order valence-corrected chi connectivity index (χ1v) is 22.4. The first-order chi connectivity index (χ1) is 35.7. The Kier molecular flexibility index (Phi) is 16.8. The highest BCUT2D eigenvalue weighted by molar-refractivity contribution is 6.15. The molecule has 362 valence electrons.